The number of carbonyl (C=O) groups excluding carboxylic acids is 1. The predicted molar refractivity (Wildman–Crippen MR) is 73.5 cm³/mol. The normalized spacial score (nSPS) is 10.0. The second-order valence-electron chi connectivity index (χ2n) is 4.17. The number of phenols is 1. The summed E-state index contributed by atoms with van der Waals surface area (Å²) in [4.78, 5) is 21.8. The summed E-state index contributed by atoms with van der Waals surface area (Å²) in [5.74, 6) is -0.315. The highest BCUT2D eigenvalue weighted by molar-refractivity contribution is 5.93. The number of rotatable bonds is 4. The first-order valence-corrected chi connectivity index (χ1v) is 5.87. The van der Waals surface area contributed by atoms with Crippen molar-refractivity contribution in [1.82, 2.24) is 0 Å². The largest absolute Gasteiger partial charge is 0.506 e. The minimum Gasteiger partial charge on any atom is -0.506 e. The van der Waals surface area contributed by atoms with Crippen molar-refractivity contribution in [3.05, 3.63) is 64.2 Å². The summed E-state index contributed by atoms with van der Waals surface area (Å²) in [6.07, 6.45) is 0.0757. The van der Waals surface area contributed by atoms with Crippen LogP contribution in [0.2, 0.25) is 0 Å². The second-order valence-corrected chi connectivity index (χ2v) is 4.17. The first-order chi connectivity index (χ1) is 9.56. The van der Waals surface area contributed by atoms with Crippen LogP contribution >= 0.6 is 0 Å². The lowest BCUT2D eigenvalue weighted by atomic mass is 10.1. The number of nitro groups is 1. The zero-order chi connectivity index (χ0) is 14.5. The number of amides is 1. The monoisotopic (exact) mass is 272 g/mol. The highest BCUT2D eigenvalue weighted by Crippen LogP contribution is 2.21. The molecule has 0 spiro atoms. The number of nitrogens with zero attached hydrogens (tertiary/aromatic N) is 1. The van der Waals surface area contributed by atoms with E-state index in [2.05, 4.69) is 5.32 Å². The number of benzene rings is 2. The van der Waals surface area contributed by atoms with Crippen LogP contribution < -0.4 is 5.32 Å². The number of hydrogen-bond donors (Lipinski definition) is 2. The Hall–Kier alpha value is -2.89. The van der Waals surface area contributed by atoms with Crippen molar-refractivity contribution in [1.29, 1.82) is 0 Å². The maximum atomic E-state index is 11.8. The molecule has 0 bridgehead atoms. The van der Waals surface area contributed by atoms with Gasteiger partial charge in [0, 0.05) is 12.1 Å². The zero-order valence-corrected chi connectivity index (χ0v) is 10.4. The molecule has 2 N–H and O–H groups in total. The van der Waals surface area contributed by atoms with Crippen LogP contribution in [0.5, 0.6) is 5.75 Å². The molecule has 2 rings (SSSR count). The van der Waals surface area contributed by atoms with Gasteiger partial charge in [-0.2, -0.15) is 0 Å². The quantitative estimate of drug-likeness (QED) is 0.508. The van der Waals surface area contributed by atoms with Crippen molar-refractivity contribution in [3.8, 4) is 5.75 Å². The molecule has 0 aromatic heterocycles. The Morgan fingerprint density at radius 2 is 1.80 bits per heavy atom. The molecule has 6 heteroatoms. The number of phenolic OH excluding ortho intramolecular Hbond substituents is 1. The molecule has 2 aromatic carbocycles. The molecule has 0 atom stereocenters. The van der Waals surface area contributed by atoms with Crippen LogP contribution in [0, 0.1) is 10.1 Å². The number of anilines is 1. The van der Waals surface area contributed by atoms with Crippen LogP contribution in [-0.2, 0) is 11.2 Å². The average Bonchev–Trinajstić information content (AvgIpc) is 2.42. The molecule has 1 amide bonds. The van der Waals surface area contributed by atoms with E-state index in [9.17, 15) is 20.0 Å². The third-order valence-electron chi connectivity index (χ3n) is 2.69. The number of aromatic hydroxyl groups is 1. The lowest BCUT2D eigenvalue weighted by Gasteiger charge is -2.06. The van der Waals surface area contributed by atoms with Crippen molar-refractivity contribution >= 4 is 17.3 Å². The molecule has 0 fully saturated rings. The molecule has 0 unspecified atom stereocenters. The Labute approximate surface area is 114 Å². The molecule has 102 valence electrons. The fraction of sp³-hybridized carbons (Fsp3) is 0.0714. The van der Waals surface area contributed by atoms with Gasteiger partial charge < -0.3 is 10.4 Å². The van der Waals surface area contributed by atoms with E-state index < -0.39 is 4.92 Å². The SMILES string of the molecule is O=C(Cc1ccc([N+](=O)[O-])cc1)Nc1ccccc1O. The molecular weight excluding hydrogens is 260 g/mol. The number of carbonyl (C=O) groups is 1. The lowest BCUT2D eigenvalue weighted by Crippen LogP contribution is -2.14. The van der Waals surface area contributed by atoms with E-state index in [4.69, 9.17) is 0 Å². The van der Waals surface area contributed by atoms with Gasteiger partial charge in [0.15, 0.2) is 0 Å². The van der Waals surface area contributed by atoms with Gasteiger partial charge >= 0.3 is 0 Å². The Kier molecular flexibility index (Phi) is 3.95. The molecule has 0 aliphatic rings. The summed E-state index contributed by atoms with van der Waals surface area (Å²) >= 11 is 0. The van der Waals surface area contributed by atoms with E-state index in [-0.39, 0.29) is 23.8 Å². The average molecular weight is 272 g/mol. The van der Waals surface area contributed by atoms with Gasteiger partial charge in [-0.05, 0) is 17.7 Å². The smallest absolute Gasteiger partial charge is 0.269 e. The predicted octanol–water partition coefficient (Wildman–Crippen LogP) is 2.48. The topological polar surface area (TPSA) is 92.5 Å². The number of nitro benzene ring substituents is 1. The molecule has 0 aliphatic heterocycles. The Bertz CT molecular complexity index is 638. The van der Waals surface area contributed by atoms with Crippen molar-refractivity contribution in [2.75, 3.05) is 5.32 Å². The maximum Gasteiger partial charge on any atom is 0.269 e. The third kappa shape index (κ3) is 3.32. The van der Waals surface area contributed by atoms with E-state index in [1.807, 2.05) is 0 Å². The molecule has 6 nitrogen and oxygen atoms in total. The summed E-state index contributed by atoms with van der Waals surface area (Å²) in [5, 5.41) is 22.6. The molecule has 2 aromatic rings. The van der Waals surface area contributed by atoms with Gasteiger partial charge in [-0.15, -0.1) is 0 Å². The molecular formula is C14H12N2O4. The standard InChI is InChI=1S/C14H12N2O4/c17-13-4-2-1-3-12(13)15-14(18)9-10-5-7-11(8-6-10)16(19)20/h1-8,17H,9H2,(H,15,18). The Morgan fingerprint density at radius 3 is 2.40 bits per heavy atom. The van der Waals surface area contributed by atoms with Crippen LogP contribution in [0.3, 0.4) is 0 Å². The summed E-state index contributed by atoms with van der Waals surface area (Å²) in [6, 6.07) is 12.2. The number of non-ortho nitro benzene ring substituents is 1. The van der Waals surface area contributed by atoms with Gasteiger partial charge in [-0.3, -0.25) is 14.9 Å². The van der Waals surface area contributed by atoms with E-state index in [1.165, 1.54) is 30.3 Å². The fourth-order valence-electron chi connectivity index (χ4n) is 1.69. The minimum absolute atomic E-state index is 0.00968. The van der Waals surface area contributed by atoms with Crippen molar-refractivity contribution < 1.29 is 14.8 Å². The van der Waals surface area contributed by atoms with E-state index in [0.717, 1.165) is 0 Å². The lowest BCUT2D eigenvalue weighted by molar-refractivity contribution is -0.384. The highest BCUT2D eigenvalue weighted by Gasteiger charge is 2.09. The summed E-state index contributed by atoms with van der Waals surface area (Å²) < 4.78 is 0. The molecule has 0 saturated carbocycles. The molecule has 0 radical (unpaired) electrons. The number of para-hydroxylation sites is 2. The Balaban J connectivity index is 2.01. The first-order valence-electron chi connectivity index (χ1n) is 5.87. The van der Waals surface area contributed by atoms with Crippen LogP contribution in [0.4, 0.5) is 11.4 Å². The van der Waals surface area contributed by atoms with Gasteiger partial charge in [-0.1, -0.05) is 24.3 Å². The fourth-order valence-corrected chi connectivity index (χ4v) is 1.69. The Morgan fingerprint density at radius 1 is 1.15 bits per heavy atom. The van der Waals surface area contributed by atoms with Crippen molar-refractivity contribution in [2.45, 2.75) is 6.42 Å². The third-order valence-corrected chi connectivity index (χ3v) is 2.69. The maximum absolute atomic E-state index is 11.8. The van der Waals surface area contributed by atoms with Crippen molar-refractivity contribution in [2.24, 2.45) is 0 Å². The van der Waals surface area contributed by atoms with Gasteiger partial charge in [0.25, 0.3) is 5.69 Å². The summed E-state index contributed by atoms with van der Waals surface area (Å²) in [7, 11) is 0. The van der Waals surface area contributed by atoms with Gasteiger partial charge in [0.2, 0.25) is 5.91 Å². The number of nitrogens with one attached hydrogen (secondary N) is 1. The molecule has 20 heavy (non-hydrogen) atoms. The first kappa shape index (κ1) is 13.5. The van der Waals surface area contributed by atoms with Gasteiger partial charge in [0.1, 0.15) is 5.75 Å². The highest BCUT2D eigenvalue weighted by atomic mass is 16.6. The zero-order valence-electron chi connectivity index (χ0n) is 10.4. The van der Waals surface area contributed by atoms with Crippen molar-refractivity contribution in [3.63, 3.8) is 0 Å². The second kappa shape index (κ2) is 5.83. The summed E-state index contributed by atoms with van der Waals surface area (Å²) in [5.41, 5.74) is 0.970. The van der Waals surface area contributed by atoms with Crippen LogP contribution in [0.15, 0.2) is 48.5 Å². The van der Waals surface area contributed by atoms with E-state index >= 15 is 0 Å². The van der Waals surface area contributed by atoms with Crippen LogP contribution in [0.25, 0.3) is 0 Å². The summed E-state index contributed by atoms with van der Waals surface area (Å²) in [6.45, 7) is 0. The van der Waals surface area contributed by atoms with E-state index in [0.29, 0.717) is 11.3 Å². The van der Waals surface area contributed by atoms with Crippen LogP contribution in [-0.4, -0.2) is 15.9 Å². The van der Waals surface area contributed by atoms with Crippen LogP contribution in [0.1, 0.15) is 5.56 Å². The van der Waals surface area contributed by atoms with Gasteiger partial charge in [0.05, 0.1) is 17.0 Å². The molecule has 0 saturated heterocycles. The van der Waals surface area contributed by atoms with Gasteiger partial charge in [-0.25, -0.2) is 0 Å². The molecule has 0 heterocycles. The molecule has 0 aliphatic carbocycles. The van der Waals surface area contributed by atoms with E-state index in [1.54, 1.807) is 18.2 Å². The minimum atomic E-state index is -0.494. The number of hydrogen-bond acceptors (Lipinski definition) is 4.